The summed E-state index contributed by atoms with van der Waals surface area (Å²) in [7, 11) is 1.60. The first-order chi connectivity index (χ1) is 13.0. The van der Waals surface area contributed by atoms with E-state index in [1.54, 1.807) is 31.4 Å². The molecule has 0 atom stereocenters. The van der Waals surface area contributed by atoms with Crippen molar-refractivity contribution in [2.24, 2.45) is 5.92 Å². The van der Waals surface area contributed by atoms with Crippen LogP contribution in [0, 0.1) is 5.92 Å². The lowest BCUT2D eigenvalue weighted by molar-refractivity contribution is -0.123. The number of methoxy groups -OCH3 is 1. The van der Waals surface area contributed by atoms with Crippen LogP contribution in [0.25, 0.3) is 0 Å². The van der Waals surface area contributed by atoms with Gasteiger partial charge in [0.05, 0.1) is 13.7 Å². The van der Waals surface area contributed by atoms with E-state index in [2.05, 4.69) is 19.2 Å². The fourth-order valence-corrected chi connectivity index (χ4v) is 2.40. The molecule has 2 aromatic rings. The van der Waals surface area contributed by atoms with Crippen molar-refractivity contribution >= 4 is 17.5 Å². The standard InChI is InChI=1S/C21H26ClNO4/c1-15(2)10-11-26-19-9-4-16(12-20(19)25-3)13-23-21(24)14-27-18-7-5-17(22)6-8-18/h4-9,12,15H,10-11,13-14H2,1-3H3,(H,23,24). The Morgan fingerprint density at radius 1 is 1.07 bits per heavy atom. The Kier molecular flexibility index (Phi) is 8.27. The molecule has 27 heavy (non-hydrogen) atoms. The Balaban J connectivity index is 1.81. The van der Waals surface area contributed by atoms with E-state index < -0.39 is 0 Å². The van der Waals surface area contributed by atoms with Crippen molar-refractivity contribution in [3.63, 3.8) is 0 Å². The number of amides is 1. The van der Waals surface area contributed by atoms with Crippen molar-refractivity contribution < 1.29 is 19.0 Å². The van der Waals surface area contributed by atoms with Gasteiger partial charge in [-0.15, -0.1) is 0 Å². The average Bonchev–Trinajstić information content (AvgIpc) is 2.66. The van der Waals surface area contributed by atoms with Gasteiger partial charge in [0.15, 0.2) is 18.1 Å². The minimum atomic E-state index is -0.207. The maximum atomic E-state index is 12.0. The molecule has 146 valence electrons. The maximum absolute atomic E-state index is 12.0. The summed E-state index contributed by atoms with van der Waals surface area (Å²) >= 11 is 5.82. The Labute approximate surface area is 165 Å². The van der Waals surface area contributed by atoms with Gasteiger partial charge >= 0.3 is 0 Å². The SMILES string of the molecule is COc1cc(CNC(=O)COc2ccc(Cl)cc2)ccc1OCCC(C)C. The second kappa shape index (κ2) is 10.7. The van der Waals surface area contributed by atoms with E-state index in [0.717, 1.165) is 12.0 Å². The molecule has 1 amide bonds. The summed E-state index contributed by atoms with van der Waals surface area (Å²) < 4.78 is 16.6. The van der Waals surface area contributed by atoms with E-state index in [1.165, 1.54) is 0 Å². The molecule has 0 saturated heterocycles. The number of carbonyl (C=O) groups is 1. The topological polar surface area (TPSA) is 56.8 Å². The van der Waals surface area contributed by atoms with Crippen molar-refractivity contribution in [2.45, 2.75) is 26.8 Å². The van der Waals surface area contributed by atoms with Crippen LogP contribution in [0.2, 0.25) is 5.02 Å². The third-order valence-corrected chi connectivity index (χ3v) is 4.11. The molecule has 0 heterocycles. The highest BCUT2D eigenvalue weighted by Gasteiger charge is 2.08. The first-order valence-electron chi connectivity index (χ1n) is 8.92. The van der Waals surface area contributed by atoms with Gasteiger partial charge in [0.2, 0.25) is 0 Å². The number of rotatable bonds is 10. The molecule has 0 aliphatic rings. The summed E-state index contributed by atoms with van der Waals surface area (Å²) in [6.45, 7) is 5.28. The lowest BCUT2D eigenvalue weighted by atomic mass is 10.1. The smallest absolute Gasteiger partial charge is 0.258 e. The number of halogens is 1. The molecular weight excluding hydrogens is 366 g/mol. The number of benzene rings is 2. The van der Waals surface area contributed by atoms with Crippen LogP contribution < -0.4 is 19.5 Å². The van der Waals surface area contributed by atoms with Gasteiger partial charge in [-0.1, -0.05) is 31.5 Å². The zero-order valence-electron chi connectivity index (χ0n) is 16.0. The van der Waals surface area contributed by atoms with Crippen LogP contribution in [0.1, 0.15) is 25.8 Å². The van der Waals surface area contributed by atoms with E-state index in [9.17, 15) is 4.79 Å². The van der Waals surface area contributed by atoms with Gasteiger partial charge in [0.25, 0.3) is 5.91 Å². The lowest BCUT2D eigenvalue weighted by Crippen LogP contribution is -2.28. The zero-order valence-corrected chi connectivity index (χ0v) is 16.7. The van der Waals surface area contributed by atoms with E-state index in [0.29, 0.717) is 41.3 Å². The van der Waals surface area contributed by atoms with E-state index in [1.807, 2.05) is 18.2 Å². The predicted molar refractivity (Wildman–Crippen MR) is 107 cm³/mol. The third kappa shape index (κ3) is 7.39. The van der Waals surface area contributed by atoms with Crippen LogP contribution in [0.4, 0.5) is 0 Å². The first kappa shape index (κ1) is 20.9. The molecular formula is C21H26ClNO4. The van der Waals surface area contributed by atoms with Gasteiger partial charge in [-0.2, -0.15) is 0 Å². The van der Waals surface area contributed by atoms with Gasteiger partial charge in [-0.25, -0.2) is 0 Å². The number of nitrogens with one attached hydrogen (secondary N) is 1. The van der Waals surface area contributed by atoms with E-state index in [-0.39, 0.29) is 12.5 Å². The molecule has 0 aliphatic heterocycles. The molecule has 0 spiro atoms. The third-order valence-electron chi connectivity index (χ3n) is 3.85. The van der Waals surface area contributed by atoms with Gasteiger partial charge in [0, 0.05) is 11.6 Å². The number of ether oxygens (including phenoxy) is 3. The molecule has 0 aliphatic carbocycles. The summed E-state index contributed by atoms with van der Waals surface area (Å²) in [6.07, 6.45) is 0.981. The molecule has 0 bridgehead atoms. The maximum Gasteiger partial charge on any atom is 0.258 e. The van der Waals surface area contributed by atoms with Crippen LogP contribution in [0.5, 0.6) is 17.2 Å². The molecule has 2 rings (SSSR count). The van der Waals surface area contributed by atoms with Crippen LogP contribution >= 0.6 is 11.6 Å². The monoisotopic (exact) mass is 391 g/mol. The minimum Gasteiger partial charge on any atom is -0.493 e. The van der Waals surface area contributed by atoms with Crippen LogP contribution in [0.15, 0.2) is 42.5 Å². The minimum absolute atomic E-state index is 0.0604. The summed E-state index contributed by atoms with van der Waals surface area (Å²) in [5, 5.41) is 3.45. The quantitative estimate of drug-likeness (QED) is 0.649. The fourth-order valence-electron chi connectivity index (χ4n) is 2.28. The number of hydrogen-bond acceptors (Lipinski definition) is 4. The Morgan fingerprint density at radius 3 is 2.48 bits per heavy atom. The molecule has 0 unspecified atom stereocenters. The zero-order chi connectivity index (χ0) is 19.6. The highest BCUT2D eigenvalue weighted by atomic mass is 35.5. The van der Waals surface area contributed by atoms with Gasteiger partial charge in [-0.05, 0) is 54.3 Å². The summed E-state index contributed by atoms with van der Waals surface area (Å²) in [6, 6.07) is 12.5. The van der Waals surface area contributed by atoms with Crippen molar-refractivity contribution in [3.8, 4) is 17.2 Å². The van der Waals surface area contributed by atoms with Gasteiger partial charge < -0.3 is 19.5 Å². The van der Waals surface area contributed by atoms with E-state index in [4.69, 9.17) is 25.8 Å². The molecule has 6 heteroatoms. The largest absolute Gasteiger partial charge is 0.493 e. The van der Waals surface area contributed by atoms with Crippen molar-refractivity contribution in [1.82, 2.24) is 5.32 Å². The van der Waals surface area contributed by atoms with Crippen LogP contribution in [0.3, 0.4) is 0 Å². The Hall–Kier alpha value is -2.40. The summed E-state index contributed by atoms with van der Waals surface area (Å²) in [5.74, 6) is 2.34. The fraction of sp³-hybridized carbons (Fsp3) is 0.381. The average molecular weight is 392 g/mol. The Morgan fingerprint density at radius 2 is 1.81 bits per heavy atom. The molecule has 0 saturated carbocycles. The highest BCUT2D eigenvalue weighted by molar-refractivity contribution is 6.30. The first-order valence-corrected chi connectivity index (χ1v) is 9.30. The Bertz CT molecular complexity index is 731. The van der Waals surface area contributed by atoms with E-state index >= 15 is 0 Å². The highest BCUT2D eigenvalue weighted by Crippen LogP contribution is 2.28. The molecule has 1 N–H and O–H groups in total. The summed E-state index contributed by atoms with van der Waals surface area (Å²) in [4.78, 5) is 12.0. The van der Waals surface area contributed by atoms with Crippen molar-refractivity contribution in [3.05, 3.63) is 53.1 Å². The van der Waals surface area contributed by atoms with Gasteiger partial charge in [-0.3, -0.25) is 4.79 Å². The molecule has 2 aromatic carbocycles. The molecule has 0 fully saturated rings. The van der Waals surface area contributed by atoms with Crippen LogP contribution in [-0.2, 0) is 11.3 Å². The van der Waals surface area contributed by atoms with Crippen LogP contribution in [-0.4, -0.2) is 26.2 Å². The second-order valence-corrected chi connectivity index (χ2v) is 6.97. The number of carbonyl (C=O) groups excluding carboxylic acids is 1. The number of hydrogen-bond donors (Lipinski definition) is 1. The van der Waals surface area contributed by atoms with Crippen molar-refractivity contribution in [1.29, 1.82) is 0 Å². The summed E-state index contributed by atoms with van der Waals surface area (Å²) in [5.41, 5.74) is 0.919. The predicted octanol–water partition coefficient (Wildman–Crippen LogP) is 4.47. The molecule has 5 nitrogen and oxygen atoms in total. The molecule has 0 aromatic heterocycles. The lowest BCUT2D eigenvalue weighted by Gasteiger charge is -2.13. The van der Waals surface area contributed by atoms with Crippen molar-refractivity contribution in [2.75, 3.05) is 20.3 Å². The second-order valence-electron chi connectivity index (χ2n) is 6.54. The molecule has 0 radical (unpaired) electrons. The normalized spacial score (nSPS) is 10.6. The van der Waals surface area contributed by atoms with Gasteiger partial charge in [0.1, 0.15) is 5.75 Å².